The Morgan fingerprint density at radius 2 is 1.80 bits per heavy atom. The van der Waals surface area contributed by atoms with E-state index in [1.807, 2.05) is 32.0 Å². The van der Waals surface area contributed by atoms with Crippen molar-refractivity contribution in [3.05, 3.63) is 24.3 Å². The van der Waals surface area contributed by atoms with Crippen LogP contribution in [0.1, 0.15) is 27.7 Å². The SMILES string of the molecule is CC.CN1CC(C)(C)Oc2ccccc21. The molecular formula is C13H21NO. The largest absolute Gasteiger partial charge is 0.484 e. The Hall–Kier alpha value is -1.18. The Morgan fingerprint density at radius 3 is 2.47 bits per heavy atom. The van der Waals surface area contributed by atoms with Crippen molar-refractivity contribution in [1.29, 1.82) is 0 Å². The third kappa shape index (κ3) is 2.65. The van der Waals surface area contributed by atoms with Gasteiger partial charge in [-0.1, -0.05) is 26.0 Å². The predicted molar refractivity (Wildman–Crippen MR) is 65.8 cm³/mol. The second-order valence-electron chi connectivity index (χ2n) is 4.19. The van der Waals surface area contributed by atoms with E-state index in [1.165, 1.54) is 5.69 Å². The summed E-state index contributed by atoms with van der Waals surface area (Å²) in [6.45, 7) is 9.16. The highest BCUT2D eigenvalue weighted by Gasteiger charge is 2.29. The summed E-state index contributed by atoms with van der Waals surface area (Å²) in [6, 6.07) is 8.16. The van der Waals surface area contributed by atoms with Crippen LogP contribution in [-0.2, 0) is 0 Å². The zero-order chi connectivity index (χ0) is 11.5. The summed E-state index contributed by atoms with van der Waals surface area (Å²) in [5.74, 6) is 0.987. The fraction of sp³-hybridized carbons (Fsp3) is 0.538. The van der Waals surface area contributed by atoms with E-state index in [1.54, 1.807) is 0 Å². The highest BCUT2D eigenvalue weighted by molar-refractivity contribution is 5.59. The van der Waals surface area contributed by atoms with Crippen molar-refractivity contribution in [3.63, 3.8) is 0 Å². The fourth-order valence-corrected chi connectivity index (χ4v) is 1.85. The summed E-state index contributed by atoms with van der Waals surface area (Å²) in [7, 11) is 2.10. The van der Waals surface area contributed by atoms with Gasteiger partial charge in [-0.05, 0) is 26.0 Å². The number of ether oxygens (including phenoxy) is 1. The van der Waals surface area contributed by atoms with Crippen molar-refractivity contribution in [1.82, 2.24) is 0 Å². The Morgan fingerprint density at radius 1 is 1.20 bits per heavy atom. The summed E-state index contributed by atoms with van der Waals surface area (Å²) in [5, 5.41) is 0. The molecule has 0 fully saturated rings. The van der Waals surface area contributed by atoms with Crippen LogP contribution < -0.4 is 9.64 Å². The predicted octanol–water partition coefficient (Wildman–Crippen LogP) is 3.32. The van der Waals surface area contributed by atoms with E-state index < -0.39 is 0 Å². The third-order valence-corrected chi connectivity index (χ3v) is 2.28. The lowest BCUT2D eigenvalue weighted by molar-refractivity contribution is 0.107. The van der Waals surface area contributed by atoms with E-state index in [9.17, 15) is 0 Å². The molecule has 0 saturated heterocycles. The van der Waals surface area contributed by atoms with E-state index in [0.29, 0.717) is 0 Å². The normalized spacial score (nSPS) is 17.0. The highest BCUT2D eigenvalue weighted by atomic mass is 16.5. The van der Waals surface area contributed by atoms with Gasteiger partial charge in [0.05, 0.1) is 12.2 Å². The van der Waals surface area contributed by atoms with E-state index in [0.717, 1.165) is 12.3 Å². The lowest BCUT2D eigenvalue weighted by Crippen LogP contribution is -2.45. The monoisotopic (exact) mass is 207 g/mol. The molecular weight excluding hydrogens is 186 g/mol. The fourth-order valence-electron chi connectivity index (χ4n) is 1.85. The number of nitrogens with zero attached hydrogens (tertiary/aromatic N) is 1. The van der Waals surface area contributed by atoms with Gasteiger partial charge in [0.1, 0.15) is 11.4 Å². The van der Waals surface area contributed by atoms with Crippen LogP contribution in [-0.4, -0.2) is 19.2 Å². The Labute approximate surface area is 92.9 Å². The second-order valence-corrected chi connectivity index (χ2v) is 4.19. The first kappa shape index (κ1) is 11.9. The minimum atomic E-state index is -0.0803. The van der Waals surface area contributed by atoms with Crippen molar-refractivity contribution >= 4 is 5.69 Å². The molecule has 1 aromatic carbocycles. The maximum Gasteiger partial charge on any atom is 0.143 e. The molecule has 0 bridgehead atoms. The minimum absolute atomic E-state index is 0.0803. The molecule has 0 spiro atoms. The van der Waals surface area contributed by atoms with Gasteiger partial charge < -0.3 is 9.64 Å². The molecule has 0 saturated carbocycles. The van der Waals surface area contributed by atoms with Crippen LogP contribution in [0.5, 0.6) is 5.75 Å². The molecule has 0 radical (unpaired) electrons. The second kappa shape index (κ2) is 4.56. The van der Waals surface area contributed by atoms with Gasteiger partial charge in [-0.15, -0.1) is 0 Å². The molecule has 0 aliphatic carbocycles. The molecule has 84 valence electrons. The smallest absolute Gasteiger partial charge is 0.143 e. The quantitative estimate of drug-likeness (QED) is 0.647. The standard InChI is InChI=1S/C11H15NO.C2H6/c1-11(2)8-12(3)9-6-4-5-7-10(9)13-11;1-2/h4-7H,8H2,1-3H3;1-2H3. The number of para-hydroxylation sites is 2. The summed E-state index contributed by atoms with van der Waals surface area (Å²) in [5.41, 5.74) is 1.10. The number of likely N-dealkylation sites (N-methyl/N-ethyl adjacent to an activating group) is 1. The molecule has 1 aliphatic rings. The molecule has 0 aromatic heterocycles. The zero-order valence-corrected chi connectivity index (χ0v) is 10.4. The molecule has 0 unspecified atom stereocenters. The van der Waals surface area contributed by atoms with Crippen molar-refractivity contribution in [2.24, 2.45) is 0 Å². The summed E-state index contributed by atoms with van der Waals surface area (Å²) in [4.78, 5) is 2.23. The first-order valence-corrected chi connectivity index (χ1v) is 5.58. The zero-order valence-electron chi connectivity index (χ0n) is 10.4. The summed E-state index contributed by atoms with van der Waals surface area (Å²) in [6.07, 6.45) is 0. The molecule has 1 aliphatic heterocycles. The van der Waals surface area contributed by atoms with Gasteiger partial charge in [-0.2, -0.15) is 0 Å². The molecule has 2 heteroatoms. The summed E-state index contributed by atoms with van der Waals surface area (Å²) < 4.78 is 5.85. The molecule has 2 nitrogen and oxygen atoms in total. The van der Waals surface area contributed by atoms with Gasteiger partial charge in [0, 0.05) is 7.05 Å². The number of benzene rings is 1. The molecule has 1 aromatic rings. The number of anilines is 1. The van der Waals surface area contributed by atoms with Crippen LogP contribution in [0.15, 0.2) is 24.3 Å². The van der Waals surface area contributed by atoms with Crippen molar-refractivity contribution in [2.45, 2.75) is 33.3 Å². The highest BCUT2D eigenvalue weighted by Crippen LogP contribution is 2.35. The molecule has 0 amide bonds. The van der Waals surface area contributed by atoms with Gasteiger partial charge in [0.2, 0.25) is 0 Å². The van der Waals surface area contributed by atoms with Crippen LogP contribution in [0.4, 0.5) is 5.69 Å². The Balaban J connectivity index is 0.000000531. The maximum absolute atomic E-state index is 5.85. The third-order valence-electron chi connectivity index (χ3n) is 2.28. The Bertz CT molecular complexity index is 320. The van der Waals surface area contributed by atoms with Gasteiger partial charge in [-0.3, -0.25) is 0 Å². The first-order chi connectivity index (χ1) is 7.08. The minimum Gasteiger partial charge on any atom is -0.484 e. The average molecular weight is 207 g/mol. The number of hydrogen-bond acceptors (Lipinski definition) is 2. The first-order valence-electron chi connectivity index (χ1n) is 5.58. The van der Waals surface area contributed by atoms with Gasteiger partial charge >= 0.3 is 0 Å². The van der Waals surface area contributed by atoms with Crippen molar-refractivity contribution in [2.75, 3.05) is 18.5 Å². The lowest BCUT2D eigenvalue weighted by Gasteiger charge is -2.38. The topological polar surface area (TPSA) is 12.5 Å². The number of rotatable bonds is 0. The molecule has 0 N–H and O–H groups in total. The Kier molecular flexibility index (Phi) is 3.61. The number of hydrogen-bond donors (Lipinski definition) is 0. The average Bonchev–Trinajstić information content (AvgIpc) is 2.19. The van der Waals surface area contributed by atoms with E-state index in [2.05, 4.69) is 31.9 Å². The summed E-state index contributed by atoms with van der Waals surface area (Å²) >= 11 is 0. The molecule has 2 rings (SSSR count). The molecule has 0 atom stereocenters. The molecule has 15 heavy (non-hydrogen) atoms. The van der Waals surface area contributed by atoms with Crippen LogP contribution in [0.2, 0.25) is 0 Å². The van der Waals surface area contributed by atoms with Gasteiger partial charge in [0.25, 0.3) is 0 Å². The van der Waals surface area contributed by atoms with E-state index >= 15 is 0 Å². The number of fused-ring (bicyclic) bond motifs is 1. The van der Waals surface area contributed by atoms with Gasteiger partial charge in [0.15, 0.2) is 0 Å². The van der Waals surface area contributed by atoms with E-state index in [-0.39, 0.29) is 5.60 Å². The van der Waals surface area contributed by atoms with Crippen LogP contribution in [0.25, 0.3) is 0 Å². The van der Waals surface area contributed by atoms with Crippen LogP contribution >= 0.6 is 0 Å². The van der Waals surface area contributed by atoms with Crippen LogP contribution in [0, 0.1) is 0 Å². The van der Waals surface area contributed by atoms with E-state index in [4.69, 9.17) is 4.74 Å². The van der Waals surface area contributed by atoms with Gasteiger partial charge in [-0.25, -0.2) is 0 Å². The van der Waals surface area contributed by atoms with Crippen molar-refractivity contribution in [3.8, 4) is 5.75 Å². The van der Waals surface area contributed by atoms with Crippen LogP contribution in [0.3, 0.4) is 0 Å². The maximum atomic E-state index is 5.85. The van der Waals surface area contributed by atoms with Crippen molar-refractivity contribution < 1.29 is 4.74 Å². The lowest BCUT2D eigenvalue weighted by atomic mass is 10.1. The molecule has 1 heterocycles.